The lowest BCUT2D eigenvalue weighted by Crippen LogP contribution is -2.42. The van der Waals surface area contributed by atoms with Crippen molar-refractivity contribution in [2.75, 3.05) is 19.7 Å². The standard InChI is InChI=1S/C10H20N2O2/c1-3-8(6-13)12-10(14)9-5-11-4-7(9)2/h7-9,11,13H,3-6H2,1-2H3,(H,12,14)/t7?,8-,9?/m1/s1. The van der Waals surface area contributed by atoms with Crippen molar-refractivity contribution in [1.29, 1.82) is 0 Å². The molecule has 1 heterocycles. The third-order valence-electron chi connectivity index (χ3n) is 2.91. The van der Waals surface area contributed by atoms with Crippen LogP contribution >= 0.6 is 0 Å². The van der Waals surface area contributed by atoms with Gasteiger partial charge in [0.2, 0.25) is 5.91 Å². The van der Waals surface area contributed by atoms with Gasteiger partial charge in [0.15, 0.2) is 0 Å². The minimum absolute atomic E-state index is 0.0246. The molecule has 4 heteroatoms. The summed E-state index contributed by atoms with van der Waals surface area (Å²) in [5, 5.41) is 15.0. The lowest BCUT2D eigenvalue weighted by Gasteiger charge is -2.19. The molecule has 4 nitrogen and oxygen atoms in total. The Bertz CT molecular complexity index is 193. The molecule has 0 aromatic rings. The van der Waals surface area contributed by atoms with Crippen molar-refractivity contribution in [2.45, 2.75) is 26.3 Å². The molecule has 0 aromatic carbocycles. The van der Waals surface area contributed by atoms with Crippen LogP contribution in [0.2, 0.25) is 0 Å². The second kappa shape index (κ2) is 5.32. The lowest BCUT2D eigenvalue weighted by atomic mass is 9.97. The second-order valence-corrected chi connectivity index (χ2v) is 4.04. The van der Waals surface area contributed by atoms with Crippen LogP contribution in [-0.2, 0) is 4.79 Å². The quantitative estimate of drug-likeness (QED) is 0.585. The van der Waals surface area contributed by atoms with Gasteiger partial charge < -0.3 is 15.7 Å². The van der Waals surface area contributed by atoms with Gasteiger partial charge in [0, 0.05) is 6.54 Å². The van der Waals surface area contributed by atoms with E-state index in [9.17, 15) is 4.79 Å². The fourth-order valence-corrected chi connectivity index (χ4v) is 1.75. The summed E-state index contributed by atoms with van der Waals surface area (Å²) < 4.78 is 0. The van der Waals surface area contributed by atoms with Crippen LogP contribution in [-0.4, -0.2) is 36.8 Å². The first-order chi connectivity index (χ1) is 6.69. The van der Waals surface area contributed by atoms with Gasteiger partial charge in [0.05, 0.1) is 18.6 Å². The maximum absolute atomic E-state index is 11.7. The molecule has 1 aliphatic rings. The van der Waals surface area contributed by atoms with Crippen LogP contribution in [0.5, 0.6) is 0 Å². The molecule has 0 radical (unpaired) electrons. The summed E-state index contributed by atoms with van der Waals surface area (Å²) in [4.78, 5) is 11.7. The first kappa shape index (κ1) is 11.5. The number of amides is 1. The molecule has 0 saturated carbocycles. The van der Waals surface area contributed by atoms with E-state index in [-0.39, 0.29) is 24.5 Å². The highest BCUT2D eigenvalue weighted by Gasteiger charge is 2.30. The highest BCUT2D eigenvalue weighted by molar-refractivity contribution is 5.79. The molecular weight excluding hydrogens is 180 g/mol. The molecule has 0 bridgehead atoms. The smallest absolute Gasteiger partial charge is 0.225 e. The Labute approximate surface area is 85.1 Å². The average molecular weight is 200 g/mol. The van der Waals surface area contributed by atoms with Gasteiger partial charge in [-0.2, -0.15) is 0 Å². The first-order valence-corrected chi connectivity index (χ1v) is 5.31. The van der Waals surface area contributed by atoms with Crippen molar-refractivity contribution in [1.82, 2.24) is 10.6 Å². The molecular formula is C10H20N2O2. The van der Waals surface area contributed by atoms with Gasteiger partial charge in [-0.3, -0.25) is 4.79 Å². The number of nitrogens with one attached hydrogen (secondary N) is 2. The van der Waals surface area contributed by atoms with Gasteiger partial charge in [-0.15, -0.1) is 0 Å². The van der Waals surface area contributed by atoms with E-state index < -0.39 is 0 Å². The van der Waals surface area contributed by atoms with E-state index in [1.165, 1.54) is 0 Å². The van der Waals surface area contributed by atoms with E-state index in [1.807, 2.05) is 6.92 Å². The average Bonchev–Trinajstić information content (AvgIpc) is 2.60. The Morgan fingerprint density at radius 1 is 1.64 bits per heavy atom. The highest BCUT2D eigenvalue weighted by Crippen LogP contribution is 2.15. The zero-order valence-corrected chi connectivity index (χ0v) is 8.92. The van der Waals surface area contributed by atoms with Crippen molar-refractivity contribution in [3.63, 3.8) is 0 Å². The van der Waals surface area contributed by atoms with Crippen molar-refractivity contribution >= 4 is 5.91 Å². The Hall–Kier alpha value is -0.610. The third-order valence-corrected chi connectivity index (χ3v) is 2.91. The van der Waals surface area contributed by atoms with E-state index >= 15 is 0 Å². The molecule has 1 aliphatic heterocycles. The Morgan fingerprint density at radius 2 is 2.36 bits per heavy atom. The van der Waals surface area contributed by atoms with Crippen molar-refractivity contribution < 1.29 is 9.90 Å². The van der Waals surface area contributed by atoms with E-state index in [0.29, 0.717) is 5.92 Å². The number of carbonyl (C=O) groups excluding carboxylic acids is 1. The first-order valence-electron chi connectivity index (χ1n) is 5.31. The maximum Gasteiger partial charge on any atom is 0.225 e. The molecule has 2 unspecified atom stereocenters. The minimum atomic E-state index is -0.0877. The monoisotopic (exact) mass is 200 g/mol. The van der Waals surface area contributed by atoms with Crippen molar-refractivity contribution in [3.05, 3.63) is 0 Å². The summed E-state index contributed by atoms with van der Waals surface area (Å²) in [6.07, 6.45) is 0.775. The van der Waals surface area contributed by atoms with Crippen LogP contribution in [0.15, 0.2) is 0 Å². The van der Waals surface area contributed by atoms with Gasteiger partial charge in [0.25, 0.3) is 0 Å². The summed E-state index contributed by atoms with van der Waals surface area (Å²) in [6, 6.07) is -0.0877. The van der Waals surface area contributed by atoms with Gasteiger partial charge in [-0.05, 0) is 18.9 Å². The highest BCUT2D eigenvalue weighted by atomic mass is 16.3. The number of carbonyl (C=O) groups is 1. The summed E-state index contributed by atoms with van der Waals surface area (Å²) in [5.41, 5.74) is 0. The summed E-state index contributed by atoms with van der Waals surface area (Å²) in [6.45, 7) is 5.72. The van der Waals surface area contributed by atoms with Gasteiger partial charge in [-0.1, -0.05) is 13.8 Å². The van der Waals surface area contributed by atoms with Crippen LogP contribution in [0.25, 0.3) is 0 Å². The van der Waals surface area contributed by atoms with E-state index in [0.717, 1.165) is 19.5 Å². The zero-order valence-electron chi connectivity index (χ0n) is 8.92. The summed E-state index contributed by atoms with van der Waals surface area (Å²) in [7, 11) is 0. The van der Waals surface area contributed by atoms with Crippen LogP contribution < -0.4 is 10.6 Å². The summed E-state index contributed by atoms with van der Waals surface area (Å²) >= 11 is 0. The van der Waals surface area contributed by atoms with Gasteiger partial charge in [0.1, 0.15) is 0 Å². The molecule has 0 aromatic heterocycles. The van der Waals surface area contributed by atoms with E-state index in [2.05, 4.69) is 17.6 Å². The van der Waals surface area contributed by atoms with Crippen molar-refractivity contribution in [3.8, 4) is 0 Å². The molecule has 0 aliphatic carbocycles. The number of hydrogen-bond acceptors (Lipinski definition) is 3. The molecule has 1 rings (SSSR count). The predicted molar refractivity (Wildman–Crippen MR) is 54.8 cm³/mol. The fraction of sp³-hybridized carbons (Fsp3) is 0.900. The topological polar surface area (TPSA) is 61.4 Å². The number of aliphatic hydroxyl groups excluding tert-OH is 1. The lowest BCUT2D eigenvalue weighted by molar-refractivity contribution is -0.126. The van der Waals surface area contributed by atoms with Gasteiger partial charge >= 0.3 is 0 Å². The summed E-state index contributed by atoms with van der Waals surface area (Å²) in [5.74, 6) is 0.533. The molecule has 14 heavy (non-hydrogen) atoms. The predicted octanol–water partition coefficient (Wildman–Crippen LogP) is -0.271. The normalized spacial score (nSPS) is 28.8. The molecule has 82 valence electrons. The molecule has 1 amide bonds. The van der Waals surface area contributed by atoms with Crippen LogP contribution in [0.4, 0.5) is 0 Å². The van der Waals surface area contributed by atoms with Crippen molar-refractivity contribution in [2.24, 2.45) is 11.8 Å². The van der Waals surface area contributed by atoms with Gasteiger partial charge in [-0.25, -0.2) is 0 Å². The third kappa shape index (κ3) is 2.69. The fourth-order valence-electron chi connectivity index (χ4n) is 1.75. The van der Waals surface area contributed by atoms with Crippen LogP contribution in [0.1, 0.15) is 20.3 Å². The molecule has 3 N–H and O–H groups in total. The minimum Gasteiger partial charge on any atom is -0.394 e. The largest absolute Gasteiger partial charge is 0.394 e. The van der Waals surface area contributed by atoms with E-state index in [1.54, 1.807) is 0 Å². The molecule has 0 spiro atoms. The van der Waals surface area contributed by atoms with E-state index in [4.69, 9.17) is 5.11 Å². The Kier molecular flexibility index (Phi) is 4.35. The SMILES string of the molecule is CC[C@H](CO)NC(=O)C1CNCC1C. The van der Waals surface area contributed by atoms with Crippen LogP contribution in [0.3, 0.4) is 0 Å². The zero-order chi connectivity index (χ0) is 10.6. The Morgan fingerprint density at radius 3 is 2.79 bits per heavy atom. The Balaban J connectivity index is 2.40. The number of rotatable bonds is 4. The molecule has 1 fully saturated rings. The molecule has 3 atom stereocenters. The molecule has 1 saturated heterocycles. The number of hydrogen-bond donors (Lipinski definition) is 3. The van der Waals surface area contributed by atoms with Crippen LogP contribution in [0, 0.1) is 11.8 Å². The second-order valence-electron chi connectivity index (χ2n) is 4.04. The number of aliphatic hydroxyl groups is 1. The maximum atomic E-state index is 11.7.